The Morgan fingerprint density at radius 3 is 2.12 bits per heavy atom. The average molecular weight is 231 g/mol. The normalized spacial score (nSPS) is 17.1. The van der Waals surface area contributed by atoms with Crippen molar-refractivity contribution < 1.29 is 0 Å². The number of rotatable bonds is 2. The van der Waals surface area contributed by atoms with E-state index in [0.717, 1.165) is 5.03 Å². The molecule has 0 aliphatic heterocycles. The first-order valence-electron chi connectivity index (χ1n) is 6.07. The number of hydrogen-bond acceptors (Lipinski definition) is 2. The predicted molar refractivity (Wildman–Crippen MR) is 72.2 cm³/mol. The fourth-order valence-corrected chi connectivity index (χ4v) is 3.22. The third-order valence-electron chi connectivity index (χ3n) is 3.74. The second-order valence-corrected chi connectivity index (χ2v) is 5.35. The molecule has 0 saturated heterocycles. The van der Waals surface area contributed by atoms with Gasteiger partial charge in [-0.05, 0) is 60.8 Å². The molecule has 1 aromatic rings. The Bertz CT molecular complexity index is 430. The van der Waals surface area contributed by atoms with Crippen LogP contribution in [0.4, 0.5) is 5.69 Å². The van der Waals surface area contributed by atoms with E-state index in [9.17, 15) is 0 Å². The number of thiol groups is 1. The molecule has 0 amide bonds. The van der Waals surface area contributed by atoms with E-state index in [1.165, 1.54) is 55.3 Å². The van der Waals surface area contributed by atoms with Crippen molar-refractivity contribution in [3.63, 3.8) is 0 Å². The molecule has 2 aliphatic rings. The lowest BCUT2D eigenvalue weighted by molar-refractivity contribution is 0.898. The van der Waals surface area contributed by atoms with E-state index in [2.05, 4.69) is 30.6 Å². The van der Waals surface area contributed by atoms with Crippen LogP contribution in [0.3, 0.4) is 0 Å². The predicted octanol–water partition coefficient (Wildman–Crippen LogP) is 3.48. The van der Waals surface area contributed by atoms with Crippen molar-refractivity contribution in [2.45, 2.75) is 38.5 Å². The number of aryl methyl sites for hydroxylation is 2. The number of hydrogen-bond donors (Lipinski definition) is 2. The van der Waals surface area contributed by atoms with Gasteiger partial charge in [-0.15, -0.1) is 12.6 Å². The van der Waals surface area contributed by atoms with Gasteiger partial charge in [0.25, 0.3) is 0 Å². The summed E-state index contributed by atoms with van der Waals surface area (Å²) in [6, 6.07) is 2.44. The minimum absolute atomic E-state index is 0.759. The van der Waals surface area contributed by atoms with E-state index in [1.54, 1.807) is 11.1 Å². The van der Waals surface area contributed by atoms with Crippen LogP contribution in [0.1, 0.15) is 35.1 Å². The summed E-state index contributed by atoms with van der Waals surface area (Å²) in [5, 5.41) is 4.13. The fourth-order valence-electron chi connectivity index (χ4n) is 3.11. The van der Waals surface area contributed by atoms with E-state index >= 15 is 0 Å². The van der Waals surface area contributed by atoms with Gasteiger partial charge >= 0.3 is 0 Å². The fraction of sp³-hybridized carbons (Fsp3) is 0.429. The van der Waals surface area contributed by atoms with Crippen molar-refractivity contribution in [3.8, 4) is 0 Å². The lowest BCUT2D eigenvalue weighted by Gasteiger charge is -2.16. The van der Waals surface area contributed by atoms with Gasteiger partial charge in [0.05, 0.1) is 5.03 Å². The standard InChI is InChI=1S/C14H17NS/c1-9(16)15-14-12-6-2-4-10(12)8-11-5-3-7-13(11)14/h8,15-16H,1-7H2. The Kier molecular flexibility index (Phi) is 2.47. The van der Waals surface area contributed by atoms with Crippen molar-refractivity contribution in [1.29, 1.82) is 0 Å². The Hall–Kier alpha value is -0.890. The Balaban J connectivity index is 2.15. The molecule has 0 saturated carbocycles. The number of anilines is 1. The lowest BCUT2D eigenvalue weighted by Crippen LogP contribution is -2.02. The van der Waals surface area contributed by atoms with Crippen molar-refractivity contribution in [1.82, 2.24) is 0 Å². The third-order valence-corrected chi connectivity index (χ3v) is 3.85. The van der Waals surface area contributed by atoms with E-state index in [4.69, 9.17) is 0 Å². The highest BCUT2D eigenvalue weighted by atomic mass is 32.1. The zero-order chi connectivity index (χ0) is 11.1. The average Bonchev–Trinajstić information content (AvgIpc) is 2.83. The van der Waals surface area contributed by atoms with Gasteiger partial charge in [0, 0.05) is 5.69 Å². The molecule has 0 aromatic heterocycles. The van der Waals surface area contributed by atoms with Crippen LogP contribution in [-0.2, 0) is 25.7 Å². The second-order valence-electron chi connectivity index (χ2n) is 4.81. The minimum atomic E-state index is 0.759. The third kappa shape index (κ3) is 1.56. The maximum atomic E-state index is 4.29. The highest BCUT2D eigenvalue weighted by molar-refractivity contribution is 7.84. The first-order valence-corrected chi connectivity index (χ1v) is 6.52. The molecule has 0 bridgehead atoms. The molecule has 2 heteroatoms. The maximum Gasteiger partial charge on any atom is 0.0621 e. The molecule has 1 aromatic carbocycles. The van der Waals surface area contributed by atoms with Gasteiger partial charge in [0.15, 0.2) is 0 Å². The second kappa shape index (κ2) is 3.85. The molecular weight excluding hydrogens is 214 g/mol. The largest absolute Gasteiger partial charge is 0.350 e. The summed E-state index contributed by atoms with van der Waals surface area (Å²) < 4.78 is 0. The molecule has 84 valence electrons. The highest BCUT2D eigenvalue weighted by Gasteiger charge is 2.23. The van der Waals surface area contributed by atoms with Crippen LogP contribution in [0.2, 0.25) is 0 Å². The topological polar surface area (TPSA) is 12.0 Å². The minimum Gasteiger partial charge on any atom is -0.350 e. The van der Waals surface area contributed by atoms with Crippen LogP contribution < -0.4 is 5.32 Å². The maximum absolute atomic E-state index is 4.29. The SMILES string of the molecule is C=C(S)Nc1c2c(cc3c1CCC3)CCC2. The van der Waals surface area contributed by atoms with Crippen molar-refractivity contribution >= 4 is 18.3 Å². The summed E-state index contributed by atoms with van der Waals surface area (Å²) in [4.78, 5) is 0. The van der Waals surface area contributed by atoms with Crippen LogP contribution in [0.5, 0.6) is 0 Å². The number of benzene rings is 1. The Labute approximate surface area is 102 Å². The van der Waals surface area contributed by atoms with Gasteiger partial charge in [0.2, 0.25) is 0 Å². The van der Waals surface area contributed by atoms with E-state index in [-0.39, 0.29) is 0 Å². The van der Waals surface area contributed by atoms with E-state index in [1.807, 2.05) is 0 Å². The molecule has 0 atom stereocenters. The molecule has 1 nitrogen and oxygen atoms in total. The Morgan fingerprint density at radius 1 is 1.06 bits per heavy atom. The van der Waals surface area contributed by atoms with E-state index in [0.29, 0.717) is 0 Å². The molecule has 0 unspecified atom stereocenters. The van der Waals surface area contributed by atoms with Crippen molar-refractivity contribution in [2.24, 2.45) is 0 Å². The molecule has 0 heterocycles. The molecule has 1 N–H and O–H groups in total. The summed E-state index contributed by atoms with van der Waals surface area (Å²) in [6.07, 6.45) is 7.52. The Morgan fingerprint density at radius 2 is 1.62 bits per heavy atom. The summed E-state index contributed by atoms with van der Waals surface area (Å²) in [5.41, 5.74) is 7.49. The van der Waals surface area contributed by atoms with E-state index < -0.39 is 0 Å². The molecular formula is C14H17NS. The molecule has 16 heavy (non-hydrogen) atoms. The first-order chi connectivity index (χ1) is 7.75. The quantitative estimate of drug-likeness (QED) is 0.743. The summed E-state index contributed by atoms with van der Waals surface area (Å²) in [5.74, 6) is 0. The van der Waals surface area contributed by atoms with Crippen LogP contribution in [0, 0.1) is 0 Å². The van der Waals surface area contributed by atoms with Gasteiger partial charge < -0.3 is 5.32 Å². The first kappa shape index (κ1) is 10.3. The zero-order valence-electron chi connectivity index (χ0n) is 9.47. The molecule has 0 fully saturated rings. The monoisotopic (exact) mass is 231 g/mol. The molecule has 0 radical (unpaired) electrons. The number of fused-ring (bicyclic) bond motifs is 2. The van der Waals surface area contributed by atoms with Crippen molar-refractivity contribution in [3.05, 3.63) is 39.9 Å². The number of nitrogens with one attached hydrogen (secondary N) is 1. The van der Waals surface area contributed by atoms with Gasteiger partial charge in [0.1, 0.15) is 0 Å². The van der Waals surface area contributed by atoms with Crippen LogP contribution in [0.15, 0.2) is 17.7 Å². The summed E-state index contributed by atoms with van der Waals surface area (Å²) in [7, 11) is 0. The van der Waals surface area contributed by atoms with Gasteiger partial charge in [-0.25, -0.2) is 0 Å². The van der Waals surface area contributed by atoms with Crippen LogP contribution in [-0.4, -0.2) is 0 Å². The lowest BCUT2D eigenvalue weighted by atomic mass is 9.99. The van der Waals surface area contributed by atoms with Crippen LogP contribution in [0.25, 0.3) is 0 Å². The smallest absolute Gasteiger partial charge is 0.0621 e. The molecule has 2 aliphatic carbocycles. The summed E-state index contributed by atoms with van der Waals surface area (Å²) in [6.45, 7) is 3.85. The van der Waals surface area contributed by atoms with Crippen LogP contribution >= 0.6 is 12.6 Å². The molecule has 0 spiro atoms. The van der Waals surface area contributed by atoms with Gasteiger partial charge in [-0.3, -0.25) is 0 Å². The van der Waals surface area contributed by atoms with Gasteiger partial charge in [-0.2, -0.15) is 0 Å². The molecule has 3 rings (SSSR count). The van der Waals surface area contributed by atoms with Gasteiger partial charge in [-0.1, -0.05) is 12.6 Å². The highest BCUT2D eigenvalue weighted by Crippen LogP contribution is 2.39. The van der Waals surface area contributed by atoms with Crippen molar-refractivity contribution in [2.75, 3.05) is 5.32 Å². The zero-order valence-corrected chi connectivity index (χ0v) is 10.4. The summed E-state index contributed by atoms with van der Waals surface area (Å²) >= 11 is 4.29.